The number of morpholine rings is 1. The number of nitrogens with zero attached hydrogens (tertiary/aromatic N) is 1. The highest BCUT2D eigenvalue weighted by molar-refractivity contribution is 7.88. The summed E-state index contributed by atoms with van der Waals surface area (Å²) in [6.45, 7) is 3.28. The number of benzene rings is 1. The van der Waals surface area contributed by atoms with Crippen LogP contribution in [-0.2, 0) is 20.5 Å². The average molecular weight is 401 g/mol. The lowest BCUT2D eigenvalue weighted by atomic mass is 10.1. The summed E-state index contributed by atoms with van der Waals surface area (Å²) in [5, 5.41) is 4.55. The molecule has 136 valence electrons. The molecule has 1 N–H and O–H groups in total. The van der Waals surface area contributed by atoms with Crippen molar-refractivity contribution in [3.63, 3.8) is 0 Å². The molecular formula is C17H21ClN2O3S2. The second-order valence-electron chi connectivity index (χ2n) is 5.92. The third kappa shape index (κ3) is 5.26. The van der Waals surface area contributed by atoms with E-state index < -0.39 is 10.0 Å². The summed E-state index contributed by atoms with van der Waals surface area (Å²) < 4.78 is 33.2. The molecule has 2 aromatic rings. The monoisotopic (exact) mass is 400 g/mol. The molecule has 25 heavy (non-hydrogen) atoms. The molecular weight excluding hydrogens is 380 g/mol. The maximum absolute atomic E-state index is 12.5. The number of thiophene rings is 1. The van der Waals surface area contributed by atoms with Crippen molar-refractivity contribution in [2.24, 2.45) is 0 Å². The predicted molar refractivity (Wildman–Crippen MR) is 102 cm³/mol. The molecule has 1 fully saturated rings. The first-order valence-electron chi connectivity index (χ1n) is 8.10. The second-order valence-corrected chi connectivity index (χ2v) is 8.91. The molecule has 1 unspecified atom stereocenters. The van der Waals surface area contributed by atoms with Crippen molar-refractivity contribution in [3.8, 4) is 0 Å². The minimum atomic E-state index is -3.47. The van der Waals surface area contributed by atoms with Gasteiger partial charge >= 0.3 is 0 Å². The van der Waals surface area contributed by atoms with Crippen molar-refractivity contribution < 1.29 is 13.2 Å². The molecule has 1 atom stereocenters. The molecule has 1 aliphatic rings. The number of halogens is 1. The summed E-state index contributed by atoms with van der Waals surface area (Å²) in [6.07, 6.45) is 0. The minimum absolute atomic E-state index is 0.0103. The molecule has 1 aliphatic heterocycles. The third-order valence-corrected chi connectivity index (χ3v) is 6.58. The van der Waals surface area contributed by atoms with Gasteiger partial charge in [-0.05, 0) is 34.0 Å². The van der Waals surface area contributed by atoms with Crippen molar-refractivity contribution >= 4 is 33.0 Å². The molecule has 1 aromatic carbocycles. The van der Waals surface area contributed by atoms with E-state index in [-0.39, 0.29) is 11.8 Å². The van der Waals surface area contributed by atoms with E-state index in [1.54, 1.807) is 35.6 Å². The number of ether oxygens (including phenoxy) is 1. The van der Waals surface area contributed by atoms with E-state index in [1.807, 2.05) is 11.4 Å². The molecule has 2 heterocycles. The highest BCUT2D eigenvalue weighted by Crippen LogP contribution is 2.24. The Morgan fingerprint density at radius 1 is 1.24 bits per heavy atom. The molecule has 8 heteroatoms. The Balaban J connectivity index is 1.68. The van der Waals surface area contributed by atoms with Gasteiger partial charge in [0.1, 0.15) is 0 Å². The predicted octanol–water partition coefficient (Wildman–Crippen LogP) is 2.89. The van der Waals surface area contributed by atoms with E-state index >= 15 is 0 Å². The highest BCUT2D eigenvalue weighted by atomic mass is 35.5. The lowest BCUT2D eigenvalue weighted by Crippen LogP contribution is -2.43. The lowest BCUT2D eigenvalue weighted by molar-refractivity contribution is 0.0173. The van der Waals surface area contributed by atoms with E-state index in [0.717, 1.165) is 18.7 Å². The fourth-order valence-corrected chi connectivity index (χ4v) is 5.05. The maximum Gasteiger partial charge on any atom is 0.215 e. The zero-order chi connectivity index (χ0) is 17.7. The number of sulfonamides is 1. The van der Waals surface area contributed by atoms with E-state index in [4.69, 9.17) is 16.3 Å². The van der Waals surface area contributed by atoms with Crippen LogP contribution in [0.1, 0.15) is 17.2 Å². The quantitative estimate of drug-likeness (QED) is 0.776. The first-order chi connectivity index (χ1) is 12.1. The van der Waals surface area contributed by atoms with Gasteiger partial charge in [0.25, 0.3) is 0 Å². The van der Waals surface area contributed by atoms with Gasteiger partial charge in [0.2, 0.25) is 10.0 Å². The van der Waals surface area contributed by atoms with Gasteiger partial charge in [-0.1, -0.05) is 29.8 Å². The molecule has 0 spiro atoms. The summed E-state index contributed by atoms with van der Waals surface area (Å²) in [6, 6.07) is 9.08. The van der Waals surface area contributed by atoms with Crippen molar-refractivity contribution in [1.29, 1.82) is 0 Å². The van der Waals surface area contributed by atoms with Crippen LogP contribution in [0.25, 0.3) is 0 Å². The normalized spacial score (nSPS) is 17.5. The smallest absolute Gasteiger partial charge is 0.215 e. The zero-order valence-electron chi connectivity index (χ0n) is 13.7. The largest absolute Gasteiger partial charge is 0.379 e. The first-order valence-corrected chi connectivity index (χ1v) is 11.1. The molecule has 0 amide bonds. The van der Waals surface area contributed by atoms with Gasteiger partial charge in [0, 0.05) is 30.7 Å². The van der Waals surface area contributed by atoms with Gasteiger partial charge in [0.15, 0.2) is 0 Å². The van der Waals surface area contributed by atoms with Crippen molar-refractivity contribution in [3.05, 3.63) is 57.2 Å². The molecule has 1 aromatic heterocycles. The zero-order valence-corrected chi connectivity index (χ0v) is 16.1. The highest BCUT2D eigenvalue weighted by Gasteiger charge is 2.25. The van der Waals surface area contributed by atoms with Crippen LogP contribution in [0, 0.1) is 0 Å². The van der Waals surface area contributed by atoms with Crippen LogP contribution in [0.15, 0.2) is 41.1 Å². The molecule has 0 aliphatic carbocycles. The number of hydrogen-bond donors (Lipinski definition) is 1. The molecule has 5 nitrogen and oxygen atoms in total. The molecule has 0 radical (unpaired) electrons. The van der Waals surface area contributed by atoms with Crippen molar-refractivity contribution in [2.75, 3.05) is 32.8 Å². The van der Waals surface area contributed by atoms with Crippen molar-refractivity contribution in [1.82, 2.24) is 9.62 Å². The van der Waals surface area contributed by atoms with Gasteiger partial charge in [-0.15, -0.1) is 0 Å². The van der Waals surface area contributed by atoms with Crippen LogP contribution >= 0.6 is 22.9 Å². The fraction of sp³-hybridized carbons (Fsp3) is 0.412. The third-order valence-electron chi connectivity index (χ3n) is 4.21. The number of hydrogen-bond acceptors (Lipinski definition) is 5. The van der Waals surface area contributed by atoms with Gasteiger partial charge in [-0.25, -0.2) is 13.1 Å². The average Bonchev–Trinajstić information content (AvgIpc) is 3.12. The van der Waals surface area contributed by atoms with Crippen LogP contribution in [0.2, 0.25) is 5.02 Å². The Labute approximate surface area is 157 Å². The summed E-state index contributed by atoms with van der Waals surface area (Å²) in [5.41, 5.74) is 1.74. The second kappa shape index (κ2) is 8.62. The Hall–Kier alpha value is -0.960. The van der Waals surface area contributed by atoms with Crippen LogP contribution in [0.3, 0.4) is 0 Å². The van der Waals surface area contributed by atoms with E-state index in [9.17, 15) is 8.42 Å². The Bertz CT molecular complexity index is 775. The Morgan fingerprint density at radius 2 is 2.00 bits per heavy atom. The number of nitrogens with one attached hydrogen (secondary N) is 1. The van der Waals surface area contributed by atoms with Crippen molar-refractivity contribution in [2.45, 2.75) is 11.8 Å². The van der Waals surface area contributed by atoms with Gasteiger partial charge in [-0.2, -0.15) is 11.3 Å². The topological polar surface area (TPSA) is 58.6 Å². The lowest BCUT2D eigenvalue weighted by Gasteiger charge is -2.34. The SMILES string of the molecule is O=S(=O)(Cc1ccccc1Cl)NCC(c1ccsc1)N1CCOCC1. The van der Waals surface area contributed by atoms with E-state index in [0.29, 0.717) is 30.3 Å². The summed E-state index contributed by atoms with van der Waals surface area (Å²) in [4.78, 5) is 2.27. The number of rotatable bonds is 7. The molecule has 0 saturated carbocycles. The van der Waals surface area contributed by atoms with Crippen LogP contribution in [-0.4, -0.2) is 46.2 Å². The Morgan fingerprint density at radius 3 is 2.68 bits per heavy atom. The molecule has 1 saturated heterocycles. The van der Waals surface area contributed by atoms with Crippen LogP contribution in [0.4, 0.5) is 0 Å². The minimum Gasteiger partial charge on any atom is -0.379 e. The fourth-order valence-electron chi connectivity index (χ4n) is 2.89. The van der Waals surface area contributed by atoms with Gasteiger partial charge in [-0.3, -0.25) is 4.90 Å². The summed E-state index contributed by atoms with van der Waals surface area (Å²) >= 11 is 7.70. The van der Waals surface area contributed by atoms with Gasteiger partial charge < -0.3 is 4.74 Å². The Kier molecular flexibility index (Phi) is 6.49. The van der Waals surface area contributed by atoms with Crippen LogP contribution < -0.4 is 4.72 Å². The summed E-state index contributed by atoms with van der Waals surface area (Å²) in [7, 11) is -3.47. The maximum atomic E-state index is 12.5. The van der Waals surface area contributed by atoms with Gasteiger partial charge in [0.05, 0.1) is 19.0 Å². The van der Waals surface area contributed by atoms with Crippen LogP contribution in [0.5, 0.6) is 0 Å². The van der Waals surface area contributed by atoms with E-state index in [1.165, 1.54) is 0 Å². The first kappa shape index (κ1) is 18.8. The van der Waals surface area contributed by atoms with E-state index in [2.05, 4.69) is 15.0 Å². The molecule has 0 bridgehead atoms. The summed E-state index contributed by atoms with van der Waals surface area (Å²) in [5.74, 6) is -0.119. The molecule has 3 rings (SSSR count). The standard InChI is InChI=1S/C17H21ClN2O3S2/c18-16-4-2-1-3-15(16)13-25(21,22)19-11-17(14-5-10-24-12-14)20-6-8-23-9-7-20/h1-5,10,12,17,19H,6-9,11,13H2.